The molecular weight excluding hydrogens is 392 g/mol. The van der Waals surface area contributed by atoms with Gasteiger partial charge >= 0.3 is 5.97 Å². The third-order valence-corrected chi connectivity index (χ3v) is 5.92. The Kier molecular flexibility index (Phi) is 6.94. The quantitative estimate of drug-likeness (QED) is 0.481. The van der Waals surface area contributed by atoms with Gasteiger partial charge in [0.2, 0.25) is 10.0 Å². The molecule has 1 atom stereocenters. The minimum atomic E-state index is -4.39. The first-order chi connectivity index (χ1) is 12.8. The maximum Gasteiger partial charge on any atom is 0.321 e. The molecule has 0 aliphatic rings. The Balaban J connectivity index is 2.43. The van der Waals surface area contributed by atoms with Crippen LogP contribution in [0.4, 0.5) is 5.69 Å². The fraction of sp³-hybridized carbons (Fsp3) is 0.235. The van der Waals surface area contributed by atoms with Crippen molar-refractivity contribution < 1.29 is 23.2 Å². The summed E-state index contributed by atoms with van der Waals surface area (Å²) in [5.74, 6) is -0.912. The number of benzene rings is 2. The van der Waals surface area contributed by atoms with Crippen LogP contribution in [0.3, 0.4) is 0 Å². The van der Waals surface area contributed by atoms with E-state index < -0.39 is 37.5 Å². The molecule has 0 amide bonds. The molecule has 10 heteroatoms. The average Bonchev–Trinajstić information content (AvgIpc) is 2.65. The van der Waals surface area contributed by atoms with Crippen LogP contribution in [-0.4, -0.2) is 42.5 Å². The Morgan fingerprint density at radius 1 is 1.22 bits per heavy atom. The summed E-state index contributed by atoms with van der Waals surface area (Å²) >= 11 is 1.37. The van der Waals surface area contributed by atoms with Gasteiger partial charge in [-0.2, -0.15) is 16.5 Å². The van der Waals surface area contributed by atoms with E-state index >= 15 is 0 Å². The van der Waals surface area contributed by atoms with Gasteiger partial charge in [0.25, 0.3) is 5.69 Å². The summed E-state index contributed by atoms with van der Waals surface area (Å²) in [7, 11) is -4.39. The summed E-state index contributed by atoms with van der Waals surface area (Å²) in [5, 5.41) is 20.6. The molecular formula is C17H18N2O6S2. The van der Waals surface area contributed by atoms with E-state index in [4.69, 9.17) is 0 Å². The van der Waals surface area contributed by atoms with Crippen molar-refractivity contribution in [1.29, 1.82) is 0 Å². The smallest absolute Gasteiger partial charge is 0.321 e. The van der Waals surface area contributed by atoms with Crippen LogP contribution in [0.1, 0.15) is 6.42 Å². The predicted molar refractivity (Wildman–Crippen MR) is 103 cm³/mol. The Labute approximate surface area is 160 Å². The molecule has 0 aliphatic heterocycles. The molecule has 0 heterocycles. The molecule has 2 aromatic carbocycles. The number of hydrogen-bond donors (Lipinski definition) is 2. The number of aliphatic carboxylic acids is 1. The van der Waals surface area contributed by atoms with Crippen molar-refractivity contribution >= 4 is 33.4 Å². The zero-order valence-corrected chi connectivity index (χ0v) is 16.0. The number of nitrogens with zero attached hydrogens (tertiary/aromatic N) is 1. The largest absolute Gasteiger partial charge is 0.480 e. The minimum absolute atomic E-state index is 0.0611. The number of sulfonamides is 1. The lowest BCUT2D eigenvalue weighted by Gasteiger charge is -2.14. The van der Waals surface area contributed by atoms with Crippen LogP contribution >= 0.6 is 11.8 Å². The molecule has 0 saturated carbocycles. The van der Waals surface area contributed by atoms with Crippen LogP contribution in [0.5, 0.6) is 0 Å². The van der Waals surface area contributed by atoms with Crippen molar-refractivity contribution in [3.63, 3.8) is 0 Å². The van der Waals surface area contributed by atoms with E-state index in [-0.39, 0.29) is 6.42 Å². The van der Waals surface area contributed by atoms with Gasteiger partial charge in [-0.1, -0.05) is 36.4 Å². The van der Waals surface area contributed by atoms with Gasteiger partial charge in [0.1, 0.15) is 6.04 Å². The van der Waals surface area contributed by atoms with Crippen LogP contribution in [0, 0.1) is 10.1 Å². The van der Waals surface area contributed by atoms with Gasteiger partial charge < -0.3 is 5.11 Å². The van der Waals surface area contributed by atoms with Gasteiger partial charge in [-0.15, -0.1) is 0 Å². The Morgan fingerprint density at radius 2 is 1.89 bits per heavy atom. The standard InChI is InChI=1S/C17H18N2O6S2/c1-26-10-9-14(17(20)21)18-27(24,25)16-8-7-13(11-15(16)19(22)23)12-5-3-2-4-6-12/h2-8,11,14,18H,9-10H2,1H3,(H,20,21). The summed E-state index contributed by atoms with van der Waals surface area (Å²) < 4.78 is 27.2. The number of rotatable bonds is 9. The SMILES string of the molecule is CSCCC(NS(=O)(=O)c1ccc(-c2ccccc2)cc1[N+](=O)[O-])C(=O)O. The van der Waals surface area contributed by atoms with Gasteiger partial charge in [-0.25, -0.2) is 8.42 Å². The highest BCUT2D eigenvalue weighted by molar-refractivity contribution is 7.98. The van der Waals surface area contributed by atoms with Crippen LogP contribution in [0.2, 0.25) is 0 Å². The molecule has 0 aromatic heterocycles. The summed E-state index contributed by atoms with van der Waals surface area (Å²) in [4.78, 5) is 21.4. The second kappa shape index (κ2) is 8.98. The molecule has 0 spiro atoms. The van der Waals surface area contributed by atoms with Gasteiger partial charge in [0, 0.05) is 6.07 Å². The third kappa shape index (κ3) is 5.28. The van der Waals surface area contributed by atoms with Crippen molar-refractivity contribution in [1.82, 2.24) is 4.72 Å². The second-order valence-electron chi connectivity index (χ2n) is 5.60. The minimum Gasteiger partial charge on any atom is -0.480 e. The predicted octanol–water partition coefficient (Wildman–Crippen LogP) is 2.75. The molecule has 2 N–H and O–H groups in total. The van der Waals surface area contributed by atoms with E-state index in [1.807, 2.05) is 0 Å². The topological polar surface area (TPSA) is 127 Å². The van der Waals surface area contributed by atoms with Gasteiger partial charge in [-0.3, -0.25) is 14.9 Å². The van der Waals surface area contributed by atoms with E-state index in [0.717, 1.165) is 6.07 Å². The molecule has 144 valence electrons. The number of carboxylic acid groups (broad SMARTS) is 1. The highest BCUT2D eigenvalue weighted by atomic mass is 32.2. The molecule has 0 radical (unpaired) electrons. The number of nitro groups is 1. The van der Waals surface area contributed by atoms with Crippen molar-refractivity contribution in [2.24, 2.45) is 0 Å². The normalized spacial score (nSPS) is 12.5. The van der Waals surface area contributed by atoms with E-state index in [0.29, 0.717) is 16.9 Å². The first kappa shape index (κ1) is 20.9. The highest BCUT2D eigenvalue weighted by Gasteiger charge is 2.31. The molecule has 27 heavy (non-hydrogen) atoms. The fourth-order valence-corrected chi connectivity index (χ4v) is 4.26. The lowest BCUT2D eigenvalue weighted by Crippen LogP contribution is -2.41. The van der Waals surface area contributed by atoms with Crippen molar-refractivity contribution in [2.75, 3.05) is 12.0 Å². The lowest BCUT2D eigenvalue weighted by molar-refractivity contribution is -0.387. The molecule has 1 unspecified atom stereocenters. The fourth-order valence-electron chi connectivity index (χ4n) is 2.42. The Hall–Kier alpha value is -2.43. The lowest BCUT2D eigenvalue weighted by atomic mass is 10.1. The molecule has 0 saturated heterocycles. The van der Waals surface area contributed by atoms with Gasteiger partial charge in [0.15, 0.2) is 4.90 Å². The third-order valence-electron chi connectivity index (χ3n) is 3.76. The van der Waals surface area contributed by atoms with Gasteiger partial charge in [0.05, 0.1) is 4.92 Å². The molecule has 2 rings (SSSR count). The number of thioether (sulfide) groups is 1. The number of nitro benzene ring substituents is 1. The van der Waals surface area contributed by atoms with E-state index in [2.05, 4.69) is 4.72 Å². The zero-order chi connectivity index (χ0) is 20.0. The summed E-state index contributed by atoms with van der Waals surface area (Å²) in [6.07, 6.45) is 1.83. The molecule has 8 nitrogen and oxygen atoms in total. The van der Waals surface area contributed by atoms with E-state index in [1.165, 1.54) is 23.9 Å². The number of carboxylic acids is 1. The van der Waals surface area contributed by atoms with Crippen molar-refractivity contribution in [2.45, 2.75) is 17.4 Å². The first-order valence-corrected chi connectivity index (χ1v) is 10.7. The molecule has 0 bridgehead atoms. The monoisotopic (exact) mass is 410 g/mol. The highest BCUT2D eigenvalue weighted by Crippen LogP contribution is 2.30. The second-order valence-corrected chi connectivity index (χ2v) is 8.27. The van der Waals surface area contributed by atoms with Crippen molar-refractivity contribution in [3.8, 4) is 11.1 Å². The first-order valence-electron chi connectivity index (χ1n) is 7.84. The average molecular weight is 410 g/mol. The molecule has 0 aliphatic carbocycles. The zero-order valence-electron chi connectivity index (χ0n) is 14.4. The van der Waals surface area contributed by atoms with Crippen LogP contribution in [-0.2, 0) is 14.8 Å². The maximum atomic E-state index is 12.6. The summed E-state index contributed by atoms with van der Waals surface area (Å²) in [6, 6.07) is 11.2. The maximum absolute atomic E-state index is 12.6. The number of carbonyl (C=O) groups is 1. The van der Waals surface area contributed by atoms with Crippen LogP contribution < -0.4 is 4.72 Å². The molecule has 2 aromatic rings. The van der Waals surface area contributed by atoms with Crippen molar-refractivity contribution in [3.05, 3.63) is 58.6 Å². The Bertz CT molecular complexity index is 932. The van der Waals surface area contributed by atoms with Crippen LogP contribution in [0.25, 0.3) is 11.1 Å². The van der Waals surface area contributed by atoms with E-state index in [1.54, 1.807) is 36.6 Å². The summed E-state index contributed by atoms with van der Waals surface area (Å²) in [6.45, 7) is 0. The molecule has 0 fully saturated rings. The Morgan fingerprint density at radius 3 is 2.44 bits per heavy atom. The summed E-state index contributed by atoms with van der Waals surface area (Å²) in [5.41, 5.74) is 0.567. The number of nitrogens with one attached hydrogen (secondary N) is 1. The van der Waals surface area contributed by atoms with Crippen LogP contribution in [0.15, 0.2) is 53.4 Å². The van der Waals surface area contributed by atoms with E-state index in [9.17, 15) is 28.4 Å². The van der Waals surface area contributed by atoms with Gasteiger partial charge in [-0.05, 0) is 35.6 Å². The number of hydrogen-bond acceptors (Lipinski definition) is 6.